The van der Waals surface area contributed by atoms with Crippen molar-refractivity contribution >= 4 is 50.8 Å². The fourth-order valence-corrected chi connectivity index (χ4v) is 3.94. The number of hydrogen-bond donors (Lipinski definition) is 2. The maximum Gasteiger partial charge on any atom is 0.191 e. The standard InChI is InChI=1S/C22H29N5O2S.HI/c1-4-23-22(24-14-13-18-9-11-19(12-10-18)30(3,28)29)25-15-16-27-17(2)26-20-7-5-6-8-21(20)27;/h5-12H,4,13-16H2,1-3H3,(H2,23,24,25);1H. The van der Waals surface area contributed by atoms with Crippen LogP contribution in [0, 0.1) is 6.92 Å². The molecule has 2 aromatic carbocycles. The van der Waals surface area contributed by atoms with Crippen molar-refractivity contribution in [2.24, 2.45) is 4.99 Å². The second-order valence-corrected chi connectivity index (χ2v) is 9.17. The van der Waals surface area contributed by atoms with Crippen LogP contribution in [0.25, 0.3) is 11.0 Å². The summed E-state index contributed by atoms with van der Waals surface area (Å²) >= 11 is 0. The van der Waals surface area contributed by atoms with Crippen LogP contribution in [0.5, 0.6) is 0 Å². The van der Waals surface area contributed by atoms with Crippen LogP contribution < -0.4 is 10.6 Å². The highest BCUT2D eigenvalue weighted by Crippen LogP contribution is 2.15. The number of nitrogens with zero attached hydrogens (tertiary/aromatic N) is 3. The maximum atomic E-state index is 11.6. The van der Waals surface area contributed by atoms with Crippen molar-refractivity contribution in [2.75, 3.05) is 25.9 Å². The summed E-state index contributed by atoms with van der Waals surface area (Å²) < 4.78 is 25.3. The van der Waals surface area contributed by atoms with E-state index >= 15 is 0 Å². The van der Waals surface area contributed by atoms with Gasteiger partial charge in [0.25, 0.3) is 0 Å². The van der Waals surface area contributed by atoms with Gasteiger partial charge in [0, 0.05) is 32.4 Å². The predicted molar refractivity (Wildman–Crippen MR) is 137 cm³/mol. The lowest BCUT2D eigenvalue weighted by molar-refractivity contribution is 0.602. The maximum absolute atomic E-state index is 11.6. The van der Waals surface area contributed by atoms with Gasteiger partial charge in [0.05, 0.1) is 15.9 Å². The number of rotatable bonds is 8. The molecule has 1 heterocycles. The van der Waals surface area contributed by atoms with E-state index in [9.17, 15) is 8.42 Å². The van der Waals surface area contributed by atoms with Crippen molar-refractivity contribution in [2.45, 2.75) is 31.7 Å². The van der Waals surface area contributed by atoms with Gasteiger partial charge < -0.3 is 15.2 Å². The molecule has 2 N–H and O–H groups in total. The minimum Gasteiger partial charge on any atom is -0.357 e. The van der Waals surface area contributed by atoms with Gasteiger partial charge in [-0.05, 0) is 50.1 Å². The van der Waals surface area contributed by atoms with Crippen LogP contribution in [0.1, 0.15) is 18.3 Å². The van der Waals surface area contributed by atoms with E-state index in [1.807, 2.05) is 44.2 Å². The molecule has 0 fully saturated rings. The number of imidazole rings is 1. The quantitative estimate of drug-likeness (QED) is 0.253. The average Bonchev–Trinajstić information content (AvgIpc) is 3.03. The van der Waals surface area contributed by atoms with Crippen LogP contribution in [0.3, 0.4) is 0 Å². The third kappa shape index (κ3) is 6.93. The van der Waals surface area contributed by atoms with Crippen molar-refractivity contribution in [3.05, 3.63) is 59.9 Å². The van der Waals surface area contributed by atoms with Crippen LogP contribution in [-0.4, -0.2) is 49.8 Å². The molecule has 9 heteroatoms. The predicted octanol–water partition coefficient (Wildman–Crippen LogP) is 3.16. The molecule has 7 nitrogen and oxygen atoms in total. The van der Waals surface area contributed by atoms with Gasteiger partial charge >= 0.3 is 0 Å². The van der Waals surface area contributed by atoms with E-state index in [-0.39, 0.29) is 24.0 Å². The lowest BCUT2D eigenvalue weighted by Gasteiger charge is -2.13. The molecular formula is C22H30IN5O2S. The molecule has 0 aliphatic heterocycles. The molecule has 0 amide bonds. The molecule has 0 atom stereocenters. The molecule has 0 spiro atoms. The first-order chi connectivity index (χ1) is 14.4. The van der Waals surface area contributed by atoms with Gasteiger partial charge in [-0.3, -0.25) is 4.99 Å². The minimum absolute atomic E-state index is 0. The number of para-hydroxylation sites is 2. The Hall–Kier alpha value is -2.14. The number of aliphatic imine (C=N–C) groups is 1. The molecule has 3 aromatic rings. The molecular weight excluding hydrogens is 525 g/mol. The van der Waals surface area contributed by atoms with Gasteiger partial charge in [-0.2, -0.15) is 0 Å². The van der Waals surface area contributed by atoms with Gasteiger partial charge in [-0.15, -0.1) is 24.0 Å². The van der Waals surface area contributed by atoms with Gasteiger partial charge in [0.1, 0.15) is 5.82 Å². The Kier molecular flexibility index (Phi) is 9.30. The van der Waals surface area contributed by atoms with Crippen molar-refractivity contribution in [3.8, 4) is 0 Å². The van der Waals surface area contributed by atoms with Crippen LogP contribution in [0.15, 0.2) is 58.4 Å². The molecule has 0 saturated heterocycles. The first kappa shape index (κ1) is 25.1. The molecule has 0 aliphatic carbocycles. The SMILES string of the molecule is CCNC(=NCCc1ccc(S(C)(=O)=O)cc1)NCCn1c(C)nc2ccccc21.I. The summed E-state index contributed by atoms with van der Waals surface area (Å²) in [6.45, 7) is 6.98. The molecule has 3 rings (SSSR count). The van der Waals surface area contributed by atoms with Gasteiger partial charge in [-0.25, -0.2) is 13.4 Å². The number of hydrogen-bond acceptors (Lipinski definition) is 4. The van der Waals surface area contributed by atoms with E-state index < -0.39 is 9.84 Å². The smallest absolute Gasteiger partial charge is 0.191 e. The number of fused-ring (bicyclic) bond motifs is 1. The summed E-state index contributed by atoms with van der Waals surface area (Å²) in [5.41, 5.74) is 3.20. The Balaban J connectivity index is 0.00000341. The summed E-state index contributed by atoms with van der Waals surface area (Å²) in [6, 6.07) is 15.1. The monoisotopic (exact) mass is 555 g/mol. The second kappa shape index (κ2) is 11.5. The van der Waals surface area contributed by atoms with Crippen LogP contribution in [0.4, 0.5) is 0 Å². The Morgan fingerprint density at radius 1 is 1.10 bits per heavy atom. The summed E-state index contributed by atoms with van der Waals surface area (Å²) in [4.78, 5) is 9.58. The van der Waals surface area contributed by atoms with Crippen LogP contribution in [0.2, 0.25) is 0 Å². The number of aryl methyl sites for hydroxylation is 1. The molecule has 31 heavy (non-hydrogen) atoms. The highest BCUT2D eigenvalue weighted by Gasteiger charge is 2.07. The minimum atomic E-state index is -3.16. The first-order valence-corrected chi connectivity index (χ1v) is 12.0. The van der Waals surface area contributed by atoms with Crippen LogP contribution in [-0.2, 0) is 22.8 Å². The number of aromatic nitrogens is 2. The number of halogens is 1. The molecule has 0 saturated carbocycles. The fraction of sp³-hybridized carbons (Fsp3) is 0.364. The largest absolute Gasteiger partial charge is 0.357 e. The van der Waals surface area contributed by atoms with E-state index in [1.54, 1.807) is 12.1 Å². The normalized spacial score (nSPS) is 11.9. The zero-order valence-corrected chi connectivity index (χ0v) is 21.3. The number of guanidine groups is 1. The third-order valence-electron chi connectivity index (χ3n) is 4.84. The molecule has 0 bridgehead atoms. The number of benzene rings is 2. The molecule has 1 aromatic heterocycles. The fourth-order valence-electron chi connectivity index (χ4n) is 3.31. The molecule has 0 unspecified atom stereocenters. The van der Waals surface area contributed by atoms with Crippen molar-refractivity contribution in [3.63, 3.8) is 0 Å². The second-order valence-electron chi connectivity index (χ2n) is 7.15. The van der Waals surface area contributed by atoms with Gasteiger partial charge in [0.15, 0.2) is 15.8 Å². The summed E-state index contributed by atoms with van der Waals surface area (Å²) in [6.07, 6.45) is 1.96. The molecule has 0 aliphatic rings. The van der Waals surface area contributed by atoms with Crippen molar-refractivity contribution in [1.82, 2.24) is 20.2 Å². The number of sulfone groups is 1. The molecule has 0 radical (unpaired) electrons. The Morgan fingerprint density at radius 2 is 1.81 bits per heavy atom. The average molecular weight is 555 g/mol. The number of nitrogens with one attached hydrogen (secondary N) is 2. The zero-order valence-electron chi connectivity index (χ0n) is 18.1. The first-order valence-electron chi connectivity index (χ1n) is 10.1. The van der Waals surface area contributed by atoms with E-state index in [2.05, 4.69) is 31.2 Å². The van der Waals surface area contributed by atoms with Gasteiger partial charge in [-0.1, -0.05) is 24.3 Å². The summed E-state index contributed by atoms with van der Waals surface area (Å²) in [7, 11) is -3.16. The highest BCUT2D eigenvalue weighted by molar-refractivity contribution is 14.0. The Labute approximate surface area is 201 Å². The third-order valence-corrected chi connectivity index (χ3v) is 5.97. The van der Waals surface area contributed by atoms with Gasteiger partial charge in [0.2, 0.25) is 0 Å². The lowest BCUT2D eigenvalue weighted by Crippen LogP contribution is -2.39. The zero-order chi connectivity index (χ0) is 21.6. The highest BCUT2D eigenvalue weighted by atomic mass is 127. The van der Waals surface area contributed by atoms with E-state index in [0.717, 1.165) is 54.4 Å². The topological polar surface area (TPSA) is 88.4 Å². The summed E-state index contributed by atoms with van der Waals surface area (Å²) in [5.74, 6) is 1.77. The lowest BCUT2D eigenvalue weighted by atomic mass is 10.1. The van der Waals surface area contributed by atoms with Crippen molar-refractivity contribution in [1.29, 1.82) is 0 Å². The van der Waals surface area contributed by atoms with E-state index in [0.29, 0.717) is 11.4 Å². The Bertz CT molecular complexity index is 1120. The Morgan fingerprint density at radius 3 is 2.48 bits per heavy atom. The van der Waals surface area contributed by atoms with Crippen LogP contribution >= 0.6 is 24.0 Å². The van der Waals surface area contributed by atoms with Crippen molar-refractivity contribution < 1.29 is 8.42 Å². The molecule has 168 valence electrons. The van der Waals surface area contributed by atoms with E-state index in [4.69, 9.17) is 0 Å². The van der Waals surface area contributed by atoms with E-state index in [1.165, 1.54) is 6.26 Å². The summed E-state index contributed by atoms with van der Waals surface area (Å²) in [5, 5.41) is 6.64.